The number of carbonyl (C=O) groups is 1. The molecular weight excluding hydrogens is 240 g/mol. The molecule has 0 unspecified atom stereocenters. The third-order valence-corrected chi connectivity index (χ3v) is 2.70. The van der Waals surface area contributed by atoms with Crippen LogP contribution in [0.25, 0.3) is 5.76 Å². The van der Waals surface area contributed by atoms with E-state index in [9.17, 15) is 9.90 Å². The van der Waals surface area contributed by atoms with E-state index >= 15 is 0 Å². The summed E-state index contributed by atoms with van der Waals surface area (Å²) in [6, 6.07) is 15.4. The summed E-state index contributed by atoms with van der Waals surface area (Å²) in [6.45, 7) is 0. The van der Waals surface area contributed by atoms with Gasteiger partial charge in [-0.25, -0.2) is 0 Å². The normalized spacial score (nSPS) is 11.1. The van der Waals surface area contributed by atoms with Crippen molar-refractivity contribution in [1.82, 2.24) is 0 Å². The number of methoxy groups -OCH3 is 1. The minimum atomic E-state index is -0.309. The van der Waals surface area contributed by atoms with Crippen LogP contribution in [0.1, 0.15) is 15.9 Å². The van der Waals surface area contributed by atoms with Gasteiger partial charge in [-0.05, 0) is 35.9 Å². The maximum absolute atomic E-state index is 11.9. The van der Waals surface area contributed by atoms with E-state index in [0.717, 1.165) is 6.08 Å². The second-order valence-electron chi connectivity index (χ2n) is 3.97. The molecule has 0 spiro atoms. The van der Waals surface area contributed by atoms with Crippen molar-refractivity contribution in [2.75, 3.05) is 7.11 Å². The van der Waals surface area contributed by atoms with Crippen molar-refractivity contribution in [3.05, 3.63) is 71.8 Å². The number of rotatable bonds is 4. The van der Waals surface area contributed by atoms with Crippen molar-refractivity contribution in [3.63, 3.8) is 0 Å². The van der Waals surface area contributed by atoms with E-state index in [1.54, 1.807) is 55.6 Å². The molecule has 2 rings (SSSR count). The molecule has 0 aliphatic rings. The minimum absolute atomic E-state index is 0.290. The van der Waals surface area contributed by atoms with Gasteiger partial charge in [-0.3, -0.25) is 4.79 Å². The van der Waals surface area contributed by atoms with E-state index < -0.39 is 0 Å². The Morgan fingerprint density at radius 2 is 1.63 bits per heavy atom. The van der Waals surface area contributed by atoms with Gasteiger partial charge in [-0.15, -0.1) is 0 Å². The van der Waals surface area contributed by atoms with Crippen LogP contribution >= 0.6 is 0 Å². The van der Waals surface area contributed by atoms with Crippen LogP contribution in [0.3, 0.4) is 0 Å². The first kappa shape index (κ1) is 12.9. The lowest BCUT2D eigenvalue weighted by Gasteiger charge is -2.11. The zero-order chi connectivity index (χ0) is 13.7. The Bertz CT molecular complexity index is 583. The lowest BCUT2D eigenvalue weighted by Crippen LogP contribution is -2.06. The van der Waals surface area contributed by atoms with Crippen LogP contribution in [0.4, 0.5) is 0 Å². The molecule has 0 saturated carbocycles. The summed E-state index contributed by atoms with van der Waals surface area (Å²) in [5.41, 5.74) is 0.967. The van der Waals surface area contributed by atoms with Gasteiger partial charge in [0.25, 0.3) is 0 Å². The lowest BCUT2D eigenvalue weighted by molar-refractivity contribution is -0.243. The molecule has 0 aliphatic heterocycles. The van der Waals surface area contributed by atoms with E-state index in [2.05, 4.69) is 0 Å². The van der Waals surface area contributed by atoms with Gasteiger partial charge in [0, 0.05) is 5.56 Å². The predicted octanol–water partition coefficient (Wildman–Crippen LogP) is 2.28. The summed E-state index contributed by atoms with van der Waals surface area (Å²) < 4.78 is 5.01. The van der Waals surface area contributed by atoms with Gasteiger partial charge in [0.2, 0.25) is 0 Å². The highest BCUT2D eigenvalue weighted by Crippen LogP contribution is 2.14. The Morgan fingerprint density at radius 1 is 1.00 bits per heavy atom. The van der Waals surface area contributed by atoms with Crippen molar-refractivity contribution < 1.29 is 14.6 Å². The van der Waals surface area contributed by atoms with Crippen LogP contribution in [-0.2, 0) is 0 Å². The summed E-state index contributed by atoms with van der Waals surface area (Å²) >= 11 is 0. The van der Waals surface area contributed by atoms with E-state index in [4.69, 9.17) is 4.74 Å². The van der Waals surface area contributed by atoms with Crippen LogP contribution in [0.2, 0.25) is 0 Å². The zero-order valence-electron chi connectivity index (χ0n) is 10.5. The van der Waals surface area contributed by atoms with E-state index in [0.29, 0.717) is 16.9 Å². The molecule has 2 aromatic rings. The van der Waals surface area contributed by atoms with E-state index in [1.807, 2.05) is 6.07 Å². The summed E-state index contributed by atoms with van der Waals surface area (Å²) in [4.78, 5) is 11.9. The van der Waals surface area contributed by atoms with Crippen molar-refractivity contribution in [2.24, 2.45) is 0 Å². The Morgan fingerprint density at radius 3 is 2.21 bits per heavy atom. The zero-order valence-corrected chi connectivity index (χ0v) is 10.5. The van der Waals surface area contributed by atoms with Crippen molar-refractivity contribution >= 4 is 11.5 Å². The SMILES string of the molecule is COc1ccc(C(=O)/C=C(\[O-])c2ccccc2)cc1. The number of ether oxygens (including phenoxy) is 1. The fourth-order valence-electron chi connectivity index (χ4n) is 1.64. The van der Waals surface area contributed by atoms with Crippen molar-refractivity contribution in [2.45, 2.75) is 0 Å². The first-order valence-corrected chi connectivity index (χ1v) is 5.83. The van der Waals surface area contributed by atoms with Crippen LogP contribution in [0, 0.1) is 0 Å². The average Bonchev–Trinajstić information content (AvgIpc) is 2.48. The van der Waals surface area contributed by atoms with Crippen LogP contribution in [-0.4, -0.2) is 12.9 Å². The first-order chi connectivity index (χ1) is 9.20. The summed E-state index contributed by atoms with van der Waals surface area (Å²) in [6.07, 6.45) is 1.11. The van der Waals surface area contributed by atoms with Crippen LogP contribution in [0.5, 0.6) is 5.75 Å². The number of hydrogen-bond acceptors (Lipinski definition) is 3. The van der Waals surface area contributed by atoms with Gasteiger partial charge >= 0.3 is 0 Å². The fraction of sp³-hybridized carbons (Fsp3) is 0.0625. The van der Waals surface area contributed by atoms with E-state index in [1.165, 1.54) is 0 Å². The molecule has 0 aromatic heterocycles. The average molecular weight is 253 g/mol. The molecule has 0 bridgehead atoms. The molecule has 96 valence electrons. The molecule has 0 N–H and O–H groups in total. The maximum Gasteiger partial charge on any atom is 0.185 e. The Labute approximate surface area is 111 Å². The number of benzene rings is 2. The highest BCUT2D eigenvalue weighted by molar-refractivity contribution is 6.07. The number of carbonyl (C=O) groups excluding carboxylic acids is 1. The molecule has 0 atom stereocenters. The van der Waals surface area contributed by atoms with Gasteiger partial charge < -0.3 is 9.84 Å². The van der Waals surface area contributed by atoms with Gasteiger partial charge in [-0.2, -0.15) is 0 Å². The molecule has 0 amide bonds. The largest absolute Gasteiger partial charge is 0.872 e. The molecule has 19 heavy (non-hydrogen) atoms. The number of hydrogen-bond donors (Lipinski definition) is 0. The Balaban J connectivity index is 2.20. The molecule has 0 aliphatic carbocycles. The Hall–Kier alpha value is -2.55. The number of ketones is 1. The van der Waals surface area contributed by atoms with Crippen LogP contribution < -0.4 is 9.84 Å². The molecule has 0 fully saturated rings. The summed E-state index contributed by atoms with van der Waals surface area (Å²) in [7, 11) is 1.56. The summed E-state index contributed by atoms with van der Waals surface area (Å²) in [5.74, 6) is 0.0730. The van der Waals surface area contributed by atoms with Gasteiger partial charge in [0.15, 0.2) is 5.78 Å². The van der Waals surface area contributed by atoms with Gasteiger partial charge in [-0.1, -0.05) is 36.1 Å². The molecule has 3 nitrogen and oxygen atoms in total. The summed E-state index contributed by atoms with van der Waals surface area (Å²) in [5, 5.41) is 11.9. The van der Waals surface area contributed by atoms with Crippen LogP contribution in [0.15, 0.2) is 60.7 Å². The predicted molar refractivity (Wildman–Crippen MR) is 71.7 cm³/mol. The smallest absolute Gasteiger partial charge is 0.185 e. The quantitative estimate of drug-likeness (QED) is 0.477. The minimum Gasteiger partial charge on any atom is -0.872 e. The molecule has 2 aromatic carbocycles. The van der Waals surface area contributed by atoms with Crippen molar-refractivity contribution in [3.8, 4) is 5.75 Å². The third-order valence-electron chi connectivity index (χ3n) is 2.70. The fourth-order valence-corrected chi connectivity index (χ4v) is 1.64. The third kappa shape index (κ3) is 3.22. The maximum atomic E-state index is 11.9. The first-order valence-electron chi connectivity index (χ1n) is 5.83. The van der Waals surface area contributed by atoms with E-state index in [-0.39, 0.29) is 11.5 Å². The molecule has 3 heteroatoms. The second-order valence-corrected chi connectivity index (χ2v) is 3.97. The monoisotopic (exact) mass is 253 g/mol. The lowest BCUT2D eigenvalue weighted by atomic mass is 10.1. The van der Waals surface area contributed by atoms with Gasteiger partial charge in [0.05, 0.1) is 7.11 Å². The molecule has 0 radical (unpaired) electrons. The standard InChI is InChI=1S/C16H14O3/c1-19-14-9-7-13(8-10-14)16(18)11-15(17)12-5-3-2-4-6-12/h2-11,17H,1H3/p-1/b15-11-. The Kier molecular flexibility index (Phi) is 3.98. The molecule has 0 saturated heterocycles. The highest BCUT2D eigenvalue weighted by atomic mass is 16.5. The second kappa shape index (κ2) is 5.87. The number of allylic oxidation sites excluding steroid dienone is 1. The topological polar surface area (TPSA) is 49.4 Å². The van der Waals surface area contributed by atoms with Gasteiger partial charge in [0.1, 0.15) is 5.75 Å². The van der Waals surface area contributed by atoms with Crippen molar-refractivity contribution in [1.29, 1.82) is 0 Å². The molecular formula is C16H13O3-. The highest BCUT2D eigenvalue weighted by Gasteiger charge is 2.02. The molecule has 0 heterocycles.